The summed E-state index contributed by atoms with van der Waals surface area (Å²) in [6, 6.07) is 1.90. The first-order valence-corrected chi connectivity index (χ1v) is 9.09. The molecule has 1 unspecified atom stereocenters. The van der Waals surface area contributed by atoms with Crippen LogP contribution in [0.5, 0.6) is 0 Å². The normalized spacial score (nSPS) is 25.9. The molecule has 2 N–H and O–H groups in total. The minimum Gasteiger partial charge on any atom is -0.355 e. The second kappa shape index (κ2) is 8.73. The number of aliphatic imine (C=N–C) groups is 1. The van der Waals surface area contributed by atoms with E-state index in [4.69, 9.17) is 0 Å². The number of guanidine groups is 1. The van der Waals surface area contributed by atoms with Crippen molar-refractivity contribution in [3.05, 3.63) is 0 Å². The summed E-state index contributed by atoms with van der Waals surface area (Å²) < 4.78 is 0. The van der Waals surface area contributed by atoms with Gasteiger partial charge in [-0.25, -0.2) is 0 Å². The van der Waals surface area contributed by atoms with Gasteiger partial charge in [-0.1, -0.05) is 6.92 Å². The molecule has 5 heteroatoms. The predicted octanol–water partition coefficient (Wildman–Crippen LogP) is 1.51. The Hall–Kier alpha value is -0.810. The van der Waals surface area contributed by atoms with Gasteiger partial charge in [0.1, 0.15) is 0 Å². The third-order valence-corrected chi connectivity index (χ3v) is 5.23. The van der Waals surface area contributed by atoms with Crippen molar-refractivity contribution in [3.63, 3.8) is 0 Å². The Bertz CT molecular complexity index is 347. The highest BCUT2D eigenvalue weighted by Crippen LogP contribution is 2.16. The van der Waals surface area contributed by atoms with Crippen LogP contribution in [0.3, 0.4) is 0 Å². The van der Waals surface area contributed by atoms with E-state index in [2.05, 4.69) is 46.2 Å². The van der Waals surface area contributed by atoms with E-state index in [1.54, 1.807) is 0 Å². The van der Waals surface area contributed by atoms with Crippen LogP contribution in [0.2, 0.25) is 0 Å². The zero-order valence-corrected chi connectivity index (χ0v) is 14.9. The zero-order valence-electron chi connectivity index (χ0n) is 14.9. The molecule has 0 bridgehead atoms. The molecule has 2 saturated heterocycles. The van der Waals surface area contributed by atoms with Crippen molar-refractivity contribution in [1.82, 2.24) is 20.4 Å². The molecule has 0 aliphatic carbocycles. The van der Waals surface area contributed by atoms with Crippen LogP contribution in [0.25, 0.3) is 0 Å². The molecule has 0 amide bonds. The lowest BCUT2D eigenvalue weighted by Gasteiger charge is -2.35. The lowest BCUT2D eigenvalue weighted by atomic mass is 10.0. The molecule has 1 atom stereocenters. The highest BCUT2D eigenvalue weighted by atomic mass is 15.2. The molecule has 2 aliphatic rings. The molecule has 5 nitrogen and oxygen atoms in total. The Morgan fingerprint density at radius 1 is 1.18 bits per heavy atom. The molecule has 2 rings (SSSR count). The summed E-state index contributed by atoms with van der Waals surface area (Å²) in [5.41, 5.74) is 0. The third-order valence-electron chi connectivity index (χ3n) is 5.23. The monoisotopic (exact) mass is 309 g/mol. The molecule has 22 heavy (non-hydrogen) atoms. The van der Waals surface area contributed by atoms with Gasteiger partial charge in [0.15, 0.2) is 5.96 Å². The molecule has 0 saturated carbocycles. The fourth-order valence-electron chi connectivity index (χ4n) is 3.71. The lowest BCUT2D eigenvalue weighted by Crippen LogP contribution is -2.51. The standard InChI is InChI=1S/C17H35N5/c1-5-21-10-6-7-16(21)13-19-17(18-4)20-15-8-11-22(12-9-15)14(2)3/h14-16H,5-13H2,1-4H3,(H2,18,19,20). The summed E-state index contributed by atoms with van der Waals surface area (Å²) in [5.74, 6) is 0.978. The Kier molecular flexibility index (Phi) is 6.96. The first-order valence-electron chi connectivity index (χ1n) is 9.09. The highest BCUT2D eigenvalue weighted by Gasteiger charge is 2.24. The van der Waals surface area contributed by atoms with Gasteiger partial charge in [-0.15, -0.1) is 0 Å². The van der Waals surface area contributed by atoms with E-state index in [0.717, 1.165) is 19.0 Å². The smallest absolute Gasteiger partial charge is 0.191 e. The van der Waals surface area contributed by atoms with Crippen LogP contribution < -0.4 is 10.6 Å². The van der Waals surface area contributed by atoms with Gasteiger partial charge in [0.05, 0.1) is 0 Å². The number of nitrogens with zero attached hydrogens (tertiary/aromatic N) is 3. The van der Waals surface area contributed by atoms with Gasteiger partial charge in [-0.05, 0) is 52.6 Å². The van der Waals surface area contributed by atoms with Crippen LogP contribution in [0.1, 0.15) is 46.5 Å². The van der Waals surface area contributed by atoms with E-state index in [-0.39, 0.29) is 0 Å². The quantitative estimate of drug-likeness (QED) is 0.597. The van der Waals surface area contributed by atoms with E-state index >= 15 is 0 Å². The van der Waals surface area contributed by atoms with Crippen molar-refractivity contribution in [2.75, 3.05) is 39.8 Å². The Balaban J connectivity index is 1.72. The molecule has 0 radical (unpaired) electrons. The number of hydrogen-bond acceptors (Lipinski definition) is 3. The molecule has 2 fully saturated rings. The summed E-state index contributed by atoms with van der Waals surface area (Å²) in [5, 5.41) is 7.16. The van der Waals surface area contributed by atoms with Crippen molar-refractivity contribution in [2.24, 2.45) is 4.99 Å². The summed E-state index contributed by atoms with van der Waals surface area (Å²) in [6.07, 6.45) is 5.07. The Morgan fingerprint density at radius 2 is 1.91 bits per heavy atom. The maximum atomic E-state index is 4.41. The Labute approximate surface area is 136 Å². The fraction of sp³-hybridized carbons (Fsp3) is 0.941. The van der Waals surface area contributed by atoms with Gasteiger partial charge in [0.2, 0.25) is 0 Å². The number of likely N-dealkylation sites (tertiary alicyclic amines) is 2. The summed E-state index contributed by atoms with van der Waals surface area (Å²) in [6.45, 7) is 12.6. The van der Waals surface area contributed by atoms with E-state index in [0.29, 0.717) is 18.1 Å². The number of rotatable bonds is 5. The van der Waals surface area contributed by atoms with Gasteiger partial charge in [0.25, 0.3) is 0 Å². The van der Waals surface area contributed by atoms with E-state index in [1.807, 2.05) is 7.05 Å². The average Bonchev–Trinajstić information content (AvgIpc) is 2.99. The van der Waals surface area contributed by atoms with Crippen LogP contribution >= 0.6 is 0 Å². The zero-order chi connectivity index (χ0) is 15.9. The van der Waals surface area contributed by atoms with E-state index in [1.165, 1.54) is 45.3 Å². The molecule has 0 spiro atoms. The van der Waals surface area contributed by atoms with Crippen LogP contribution in [-0.4, -0.2) is 73.7 Å². The van der Waals surface area contributed by atoms with Gasteiger partial charge < -0.3 is 15.5 Å². The SMILES string of the molecule is CCN1CCCC1CNC(=NC)NC1CCN(C(C)C)CC1. The first kappa shape index (κ1) is 17.5. The molecular formula is C17H35N5. The predicted molar refractivity (Wildman–Crippen MR) is 94.5 cm³/mol. The number of hydrogen-bond donors (Lipinski definition) is 2. The number of piperidine rings is 1. The summed E-state index contributed by atoms with van der Waals surface area (Å²) >= 11 is 0. The first-order chi connectivity index (χ1) is 10.6. The van der Waals surface area contributed by atoms with Crippen molar-refractivity contribution in [1.29, 1.82) is 0 Å². The molecule has 0 aromatic rings. The van der Waals surface area contributed by atoms with Crippen molar-refractivity contribution >= 4 is 5.96 Å². The largest absolute Gasteiger partial charge is 0.355 e. The topological polar surface area (TPSA) is 42.9 Å². The van der Waals surface area contributed by atoms with Crippen LogP contribution in [0.4, 0.5) is 0 Å². The van der Waals surface area contributed by atoms with Gasteiger partial charge in [-0.3, -0.25) is 9.89 Å². The van der Waals surface area contributed by atoms with Gasteiger partial charge in [-0.2, -0.15) is 0 Å². The third kappa shape index (κ3) is 4.85. The molecule has 0 aromatic carbocycles. The second-order valence-electron chi connectivity index (χ2n) is 6.93. The average molecular weight is 310 g/mol. The molecule has 2 aliphatic heterocycles. The van der Waals surface area contributed by atoms with Crippen LogP contribution in [-0.2, 0) is 0 Å². The maximum Gasteiger partial charge on any atom is 0.191 e. The minimum absolute atomic E-state index is 0.562. The van der Waals surface area contributed by atoms with Crippen molar-refractivity contribution < 1.29 is 0 Å². The van der Waals surface area contributed by atoms with E-state index in [9.17, 15) is 0 Å². The Morgan fingerprint density at radius 3 is 2.50 bits per heavy atom. The molecule has 128 valence electrons. The van der Waals surface area contributed by atoms with Crippen molar-refractivity contribution in [2.45, 2.75) is 64.6 Å². The molecule has 2 heterocycles. The fourth-order valence-corrected chi connectivity index (χ4v) is 3.71. The highest BCUT2D eigenvalue weighted by molar-refractivity contribution is 5.80. The van der Waals surface area contributed by atoms with Crippen LogP contribution in [0.15, 0.2) is 4.99 Å². The second-order valence-corrected chi connectivity index (χ2v) is 6.93. The van der Waals surface area contributed by atoms with Crippen molar-refractivity contribution in [3.8, 4) is 0 Å². The summed E-state index contributed by atoms with van der Waals surface area (Å²) in [7, 11) is 1.88. The minimum atomic E-state index is 0.562. The molecule has 0 aromatic heterocycles. The number of nitrogens with one attached hydrogen (secondary N) is 2. The molecular weight excluding hydrogens is 274 g/mol. The summed E-state index contributed by atoms with van der Waals surface area (Å²) in [4.78, 5) is 9.54. The maximum absolute atomic E-state index is 4.41. The van der Waals surface area contributed by atoms with Gasteiger partial charge >= 0.3 is 0 Å². The van der Waals surface area contributed by atoms with Gasteiger partial charge in [0, 0.05) is 44.8 Å². The lowest BCUT2D eigenvalue weighted by molar-refractivity contribution is 0.167. The van der Waals surface area contributed by atoms with Crippen LogP contribution in [0, 0.1) is 0 Å². The van der Waals surface area contributed by atoms with E-state index < -0.39 is 0 Å². The number of likely N-dealkylation sites (N-methyl/N-ethyl adjacent to an activating group) is 1.